The summed E-state index contributed by atoms with van der Waals surface area (Å²) in [6, 6.07) is 17.0. The van der Waals surface area contributed by atoms with Gasteiger partial charge in [-0.25, -0.2) is 0 Å². The molecule has 0 heterocycles. The Morgan fingerprint density at radius 3 is 2.50 bits per heavy atom. The summed E-state index contributed by atoms with van der Waals surface area (Å²) < 4.78 is 10.9. The summed E-state index contributed by atoms with van der Waals surface area (Å²) in [5.74, 6) is 1.64. The number of nitrogens with one attached hydrogen (secondary N) is 1. The molecule has 0 aromatic heterocycles. The summed E-state index contributed by atoms with van der Waals surface area (Å²) in [6.07, 6.45) is 5.89. The van der Waals surface area contributed by atoms with Gasteiger partial charge in [-0.3, -0.25) is 0 Å². The van der Waals surface area contributed by atoms with Gasteiger partial charge in [0.25, 0.3) is 0 Å². The first-order chi connectivity index (χ1) is 13.7. The van der Waals surface area contributed by atoms with E-state index in [2.05, 4.69) is 40.5 Å². The number of thiocarbonyl (C=S) groups is 1. The molecule has 3 rings (SSSR count). The fourth-order valence-electron chi connectivity index (χ4n) is 3.81. The number of hydrogen-bond donors (Lipinski definition) is 1. The van der Waals surface area contributed by atoms with E-state index in [0.717, 1.165) is 41.7 Å². The number of rotatable bonds is 8. The van der Waals surface area contributed by atoms with E-state index in [4.69, 9.17) is 21.7 Å². The average Bonchev–Trinajstić information content (AvgIpc) is 3.27. The maximum Gasteiger partial charge on any atom is 0.169 e. The minimum atomic E-state index is 0.489. The monoisotopic (exact) mass is 398 g/mol. The summed E-state index contributed by atoms with van der Waals surface area (Å²) >= 11 is 5.80. The zero-order chi connectivity index (χ0) is 19.8. The zero-order valence-corrected chi connectivity index (χ0v) is 17.6. The molecule has 0 aliphatic heterocycles. The molecule has 5 heteroatoms. The second-order valence-electron chi connectivity index (χ2n) is 7.21. The molecular formula is C23H30N2O2S. The first-order valence-electron chi connectivity index (χ1n) is 10.0. The van der Waals surface area contributed by atoms with Crippen LogP contribution in [0.1, 0.15) is 36.8 Å². The van der Waals surface area contributed by atoms with E-state index in [1.807, 2.05) is 18.2 Å². The van der Waals surface area contributed by atoms with E-state index in [1.165, 1.54) is 31.2 Å². The fraction of sp³-hybridized carbons (Fsp3) is 0.435. The van der Waals surface area contributed by atoms with Crippen LogP contribution in [-0.2, 0) is 13.0 Å². The molecular weight excluding hydrogens is 368 g/mol. The van der Waals surface area contributed by atoms with Crippen LogP contribution in [-0.4, -0.2) is 36.8 Å². The molecule has 1 fully saturated rings. The minimum Gasteiger partial charge on any atom is -0.497 e. The Morgan fingerprint density at radius 2 is 1.82 bits per heavy atom. The standard InChI is InChI=1S/C23H30N2O2S/c1-26-21-13-12-19(22(16-21)27-2)17-25(20-10-6-7-11-20)23(28)24-15-14-18-8-4-3-5-9-18/h3-5,8-9,12-13,16,20H,6-7,10-11,14-15,17H2,1-2H3,(H,24,28). The Bertz CT molecular complexity index is 760. The van der Waals surface area contributed by atoms with E-state index in [-0.39, 0.29) is 0 Å². The van der Waals surface area contributed by atoms with Gasteiger partial charge in [0.2, 0.25) is 0 Å². The topological polar surface area (TPSA) is 33.7 Å². The number of ether oxygens (including phenoxy) is 2. The Labute approximate surface area is 173 Å². The van der Waals surface area contributed by atoms with Crippen molar-refractivity contribution in [3.63, 3.8) is 0 Å². The molecule has 1 N–H and O–H groups in total. The van der Waals surface area contributed by atoms with Gasteiger partial charge < -0.3 is 19.7 Å². The van der Waals surface area contributed by atoms with Crippen molar-refractivity contribution in [1.82, 2.24) is 10.2 Å². The predicted octanol–water partition coefficient (Wildman–Crippen LogP) is 4.57. The van der Waals surface area contributed by atoms with Crippen LogP contribution in [0.3, 0.4) is 0 Å². The van der Waals surface area contributed by atoms with Gasteiger partial charge in [-0.15, -0.1) is 0 Å². The van der Waals surface area contributed by atoms with Crippen LogP contribution < -0.4 is 14.8 Å². The molecule has 2 aromatic rings. The lowest BCUT2D eigenvalue weighted by atomic mass is 10.1. The second kappa shape index (κ2) is 10.3. The number of methoxy groups -OCH3 is 2. The van der Waals surface area contributed by atoms with Crippen molar-refractivity contribution in [3.05, 3.63) is 59.7 Å². The summed E-state index contributed by atoms with van der Waals surface area (Å²) in [7, 11) is 3.37. The molecule has 1 aliphatic carbocycles. The van der Waals surface area contributed by atoms with Crippen LogP contribution in [0.25, 0.3) is 0 Å². The van der Waals surface area contributed by atoms with Crippen molar-refractivity contribution in [2.75, 3.05) is 20.8 Å². The molecule has 2 aromatic carbocycles. The number of benzene rings is 2. The first-order valence-corrected chi connectivity index (χ1v) is 10.4. The molecule has 4 nitrogen and oxygen atoms in total. The van der Waals surface area contributed by atoms with Gasteiger partial charge in [-0.2, -0.15) is 0 Å². The van der Waals surface area contributed by atoms with Gasteiger partial charge in [-0.05, 0) is 49.2 Å². The molecule has 0 atom stereocenters. The molecule has 0 saturated heterocycles. The van der Waals surface area contributed by atoms with Gasteiger partial charge in [0.15, 0.2) is 5.11 Å². The maximum atomic E-state index is 5.80. The Morgan fingerprint density at radius 1 is 1.07 bits per heavy atom. The maximum absolute atomic E-state index is 5.80. The SMILES string of the molecule is COc1ccc(CN(C(=S)NCCc2ccccc2)C2CCCC2)c(OC)c1. The van der Waals surface area contributed by atoms with Crippen LogP contribution in [0, 0.1) is 0 Å². The van der Waals surface area contributed by atoms with Crippen LogP contribution in [0.15, 0.2) is 48.5 Å². The van der Waals surface area contributed by atoms with Crippen LogP contribution in [0.2, 0.25) is 0 Å². The molecule has 1 aliphatic rings. The lowest BCUT2D eigenvalue weighted by molar-refractivity contribution is 0.297. The highest BCUT2D eigenvalue weighted by Crippen LogP contribution is 2.29. The van der Waals surface area contributed by atoms with Crippen LogP contribution in [0.4, 0.5) is 0 Å². The Balaban J connectivity index is 1.67. The van der Waals surface area contributed by atoms with Crippen molar-refractivity contribution < 1.29 is 9.47 Å². The van der Waals surface area contributed by atoms with Gasteiger partial charge in [0, 0.05) is 30.8 Å². The van der Waals surface area contributed by atoms with Crippen molar-refractivity contribution in [1.29, 1.82) is 0 Å². The molecule has 28 heavy (non-hydrogen) atoms. The fourth-order valence-corrected chi connectivity index (χ4v) is 4.12. The van der Waals surface area contributed by atoms with Crippen molar-refractivity contribution in [2.24, 2.45) is 0 Å². The highest BCUT2D eigenvalue weighted by Gasteiger charge is 2.25. The quantitative estimate of drug-likeness (QED) is 0.659. The van der Waals surface area contributed by atoms with E-state index in [0.29, 0.717) is 6.04 Å². The molecule has 0 bridgehead atoms. The van der Waals surface area contributed by atoms with Gasteiger partial charge >= 0.3 is 0 Å². The summed E-state index contributed by atoms with van der Waals surface area (Å²) in [5.41, 5.74) is 2.45. The predicted molar refractivity (Wildman–Crippen MR) is 118 cm³/mol. The third-order valence-corrected chi connectivity index (χ3v) is 5.77. The van der Waals surface area contributed by atoms with Gasteiger partial charge in [0.05, 0.1) is 14.2 Å². The lowest BCUT2D eigenvalue weighted by Gasteiger charge is -2.32. The molecule has 0 amide bonds. The average molecular weight is 399 g/mol. The summed E-state index contributed by atoms with van der Waals surface area (Å²) in [6.45, 7) is 1.58. The Kier molecular flexibility index (Phi) is 7.54. The molecule has 0 spiro atoms. The molecule has 0 unspecified atom stereocenters. The van der Waals surface area contributed by atoms with Crippen molar-refractivity contribution in [3.8, 4) is 11.5 Å². The number of hydrogen-bond acceptors (Lipinski definition) is 3. The highest BCUT2D eigenvalue weighted by atomic mass is 32.1. The van der Waals surface area contributed by atoms with E-state index in [9.17, 15) is 0 Å². The largest absolute Gasteiger partial charge is 0.497 e. The van der Waals surface area contributed by atoms with E-state index in [1.54, 1.807) is 14.2 Å². The van der Waals surface area contributed by atoms with Crippen LogP contribution >= 0.6 is 12.2 Å². The van der Waals surface area contributed by atoms with Crippen molar-refractivity contribution >= 4 is 17.3 Å². The van der Waals surface area contributed by atoms with Crippen LogP contribution in [0.5, 0.6) is 11.5 Å². The highest BCUT2D eigenvalue weighted by molar-refractivity contribution is 7.80. The minimum absolute atomic E-state index is 0.489. The molecule has 150 valence electrons. The summed E-state index contributed by atoms with van der Waals surface area (Å²) in [4.78, 5) is 2.34. The molecule has 0 radical (unpaired) electrons. The third kappa shape index (κ3) is 5.38. The Hall–Kier alpha value is -2.27. The van der Waals surface area contributed by atoms with Gasteiger partial charge in [-0.1, -0.05) is 43.2 Å². The van der Waals surface area contributed by atoms with Crippen molar-refractivity contribution in [2.45, 2.75) is 44.7 Å². The smallest absolute Gasteiger partial charge is 0.169 e. The summed E-state index contributed by atoms with van der Waals surface area (Å²) in [5, 5.41) is 4.31. The normalized spacial score (nSPS) is 13.9. The zero-order valence-electron chi connectivity index (χ0n) is 16.8. The molecule has 1 saturated carbocycles. The third-order valence-electron chi connectivity index (χ3n) is 5.39. The van der Waals surface area contributed by atoms with Gasteiger partial charge in [0.1, 0.15) is 11.5 Å². The van der Waals surface area contributed by atoms with E-state index < -0.39 is 0 Å². The first kappa shape index (κ1) is 20.5. The van der Waals surface area contributed by atoms with E-state index >= 15 is 0 Å². The lowest BCUT2D eigenvalue weighted by Crippen LogP contribution is -2.45. The number of nitrogens with zero attached hydrogens (tertiary/aromatic N) is 1. The second-order valence-corrected chi connectivity index (χ2v) is 7.60.